The summed E-state index contributed by atoms with van der Waals surface area (Å²) in [5, 5.41) is 28.0. The molecule has 4 N–H and O–H groups in total. The van der Waals surface area contributed by atoms with Crippen LogP contribution in [0.4, 0.5) is 0 Å². The summed E-state index contributed by atoms with van der Waals surface area (Å²) < 4.78 is 0. The van der Waals surface area contributed by atoms with Crippen molar-refractivity contribution in [2.24, 2.45) is 40.4 Å². The fourth-order valence-electron chi connectivity index (χ4n) is 11.1. The van der Waals surface area contributed by atoms with Gasteiger partial charge < -0.3 is 25.7 Å². The molecule has 0 radical (unpaired) electrons. The Morgan fingerprint density at radius 1 is 0.896 bits per heavy atom. The van der Waals surface area contributed by atoms with E-state index in [0.717, 1.165) is 37.7 Å². The monoisotopic (exact) mass is 664 g/mol. The second kappa shape index (κ2) is 14.4. The molecule has 4 saturated carbocycles. The van der Waals surface area contributed by atoms with Crippen molar-refractivity contribution < 1.29 is 24.6 Å². The molecule has 0 spiro atoms. The van der Waals surface area contributed by atoms with Crippen LogP contribution >= 0.6 is 0 Å². The zero-order valence-corrected chi connectivity index (χ0v) is 29.7. The van der Waals surface area contributed by atoms with Gasteiger partial charge in [-0.25, -0.2) is 0 Å². The molecule has 4 aliphatic carbocycles. The lowest BCUT2D eigenvalue weighted by Crippen LogP contribution is -2.63. The number of aliphatic hydroxyl groups excluding tert-OH is 2. The van der Waals surface area contributed by atoms with E-state index in [1.807, 2.05) is 49.1 Å². The Balaban J connectivity index is 1.03. The maximum atomic E-state index is 13.8. The average molecular weight is 665 g/mol. The first kappa shape index (κ1) is 35.3. The molecule has 1 aromatic rings. The molecule has 0 bridgehead atoms. The molecule has 0 unspecified atom stereocenters. The number of aliphatic hydroxyl groups is 2. The van der Waals surface area contributed by atoms with Gasteiger partial charge in [0, 0.05) is 32.2 Å². The Bertz CT molecular complexity index is 1300. The summed E-state index contributed by atoms with van der Waals surface area (Å²) in [5.41, 5.74) is 1.15. The number of amides is 3. The predicted octanol–water partition coefficient (Wildman–Crippen LogP) is 3.76. The van der Waals surface area contributed by atoms with Crippen LogP contribution in [0.3, 0.4) is 0 Å². The van der Waals surface area contributed by atoms with Gasteiger partial charge >= 0.3 is 0 Å². The fourth-order valence-corrected chi connectivity index (χ4v) is 11.1. The number of piperazine rings is 1. The van der Waals surface area contributed by atoms with E-state index < -0.39 is 6.04 Å². The first-order valence-electron chi connectivity index (χ1n) is 18.9. The zero-order chi connectivity index (χ0) is 34.2. The minimum Gasteiger partial charge on any atom is -0.393 e. The normalized spacial score (nSPS) is 37.2. The van der Waals surface area contributed by atoms with E-state index >= 15 is 0 Å². The number of fused-ring (bicyclic) bond motifs is 5. The van der Waals surface area contributed by atoms with Crippen LogP contribution < -0.4 is 10.6 Å². The minimum atomic E-state index is -0.639. The van der Waals surface area contributed by atoms with Crippen LogP contribution in [-0.2, 0) is 20.8 Å². The zero-order valence-electron chi connectivity index (χ0n) is 29.7. The van der Waals surface area contributed by atoms with Crippen molar-refractivity contribution in [3.8, 4) is 0 Å². The number of nitrogens with one attached hydrogen (secondary N) is 2. The third-order valence-corrected chi connectivity index (χ3v) is 13.7. The highest BCUT2D eigenvalue weighted by Gasteiger charge is 2.61. The van der Waals surface area contributed by atoms with Crippen molar-refractivity contribution in [2.75, 3.05) is 32.7 Å². The molecule has 48 heavy (non-hydrogen) atoms. The molecule has 10 atom stereocenters. The van der Waals surface area contributed by atoms with E-state index in [2.05, 4.69) is 29.4 Å². The summed E-state index contributed by atoms with van der Waals surface area (Å²) in [7, 11) is 0. The number of hydrogen-bond acceptors (Lipinski definition) is 6. The van der Waals surface area contributed by atoms with Gasteiger partial charge in [-0.15, -0.1) is 0 Å². The molecule has 0 aromatic heterocycles. The van der Waals surface area contributed by atoms with Gasteiger partial charge in [-0.2, -0.15) is 0 Å². The van der Waals surface area contributed by atoms with Crippen molar-refractivity contribution in [3.05, 3.63) is 35.9 Å². The molecule has 1 saturated heterocycles. The van der Waals surface area contributed by atoms with Gasteiger partial charge in [0.25, 0.3) is 0 Å². The standard InChI is InChI=1S/C39H60N4O5/c1-25(2)20-31(41-36(47)24-40-35(46)21-26-8-6-5-7-9-26)37(48)43-18-16-42(17-19-43)32-23-39(4)27(22-33(32)44)10-11-28-29-12-13-34(45)38(29,3)15-14-30(28)39/h5-9,25,27-34,44-45H,10-24H2,1-4H3,(H,40,46)(H,41,47)/t27-,28-,29-,30-,31-,32-,33-,34-,38-,39-/m0/s1. The Hall–Kier alpha value is -2.49. The van der Waals surface area contributed by atoms with Crippen molar-refractivity contribution in [3.63, 3.8) is 0 Å². The molecular weight excluding hydrogens is 604 g/mol. The topological polar surface area (TPSA) is 122 Å². The van der Waals surface area contributed by atoms with Crippen molar-refractivity contribution in [2.45, 2.75) is 116 Å². The Kier molecular flexibility index (Phi) is 10.6. The number of rotatable bonds is 9. The quantitative estimate of drug-likeness (QED) is 0.319. The summed E-state index contributed by atoms with van der Waals surface area (Å²) in [6.07, 6.45) is 8.91. The molecule has 9 nitrogen and oxygen atoms in total. The maximum absolute atomic E-state index is 13.8. The lowest BCUT2D eigenvalue weighted by atomic mass is 9.44. The van der Waals surface area contributed by atoms with Gasteiger partial charge in [-0.05, 0) is 104 Å². The number of benzene rings is 1. The maximum Gasteiger partial charge on any atom is 0.245 e. The van der Waals surface area contributed by atoms with Gasteiger partial charge in [0.15, 0.2) is 0 Å². The number of carbonyl (C=O) groups is 3. The van der Waals surface area contributed by atoms with E-state index in [1.165, 1.54) is 19.3 Å². The van der Waals surface area contributed by atoms with Gasteiger partial charge in [-0.3, -0.25) is 19.3 Å². The van der Waals surface area contributed by atoms with Gasteiger partial charge in [0.1, 0.15) is 6.04 Å². The number of nitrogens with zero attached hydrogens (tertiary/aromatic N) is 2. The van der Waals surface area contributed by atoms with Crippen molar-refractivity contribution in [1.82, 2.24) is 20.4 Å². The van der Waals surface area contributed by atoms with E-state index in [1.54, 1.807) is 0 Å². The minimum absolute atomic E-state index is 0.0670. The largest absolute Gasteiger partial charge is 0.393 e. The summed E-state index contributed by atoms with van der Waals surface area (Å²) in [6, 6.07) is 8.86. The molecule has 6 rings (SSSR count). The second-order valence-corrected chi connectivity index (χ2v) is 16.9. The van der Waals surface area contributed by atoms with E-state index in [0.29, 0.717) is 56.3 Å². The SMILES string of the molecule is CC(C)C[C@H](NC(=O)CNC(=O)Cc1ccccc1)C(=O)N1CCN([C@H]2C[C@@]3(C)[C@@H](CC[C@@H]4[C@@H]3CC[C@]3(C)[C@@H](O)CC[C@@H]43)C[C@@H]2O)CC1. The molecule has 1 aliphatic heterocycles. The number of carbonyl (C=O) groups excluding carboxylic acids is 3. The van der Waals surface area contributed by atoms with Gasteiger partial charge in [0.05, 0.1) is 25.2 Å². The molecule has 3 amide bonds. The first-order chi connectivity index (χ1) is 22.9. The molecule has 1 heterocycles. The van der Waals surface area contributed by atoms with Crippen LogP contribution in [0.1, 0.15) is 91.0 Å². The smallest absolute Gasteiger partial charge is 0.245 e. The average Bonchev–Trinajstić information content (AvgIpc) is 3.37. The highest BCUT2D eigenvalue weighted by Crippen LogP contribution is 2.66. The van der Waals surface area contributed by atoms with Crippen LogP contribution in [0.25, 0.3) is 0 Å². The predicted molar refractivity (Wildman–Crippen MR) is 186 cm³/mol. The molecule has 1 aromatic carbocycles. The Labute approximate surface area is 287 Å². The molecule has 266 valence electrons. The van der Waals surface area contributed by atoms with Gasteiger partial charge in [-0.1, -0.05) is 58.0 Å². The number of hydrogen-bond donors (Lipinski definition) is 4. The molecule has 9 heteroatoms. The third kappa shape index (κ3) is 7.06. The Morgan fingerprint density at radius 3 is 2.31 bits per heavy atom. The lowest BCUT2D eigenvalue weighted by Gasteiger charge is -2.62. The Morgan fingerprint density at radius 2 is 1.60 bits per heavy atom. The van der Waals surface area contributed by atoms with Crippen molar-refractivity contribution >= 4 is 17.7 Å². The first-order valence-corrected chi connectivity index (χ1v) is 18.9. The van der Waals surface area contributed by atoms with Crippen LogP contribution in [0, 0.1) is 40.4 Å². The summed E-state index contributed by atoms with van der Waals surface area (Å²) in [4.78, 5) is 43.3. The molecule has 5 fully saturated rings. The summed E-state index contributed by atoms with van der Waals surface area (Å²) in [5.74, 6) is 2.06. The third-order valence-electron chi connectivity index (χ3n) is 13.7. The van der Waals surface area contributed by atoms with E-state index in [-0.39, 0.29) is 65.7 Å². The molecule has 5 aliphatic rings. The van der Waals surface area contributed by atoms with Crippen molar-refractivity contribution in [1.29, 1.82) is 0 Å². The van der Waals surface area contributed by atoms with E-state index in [4.69, 9.17) is 0 Å². The highest BCUT2D eigenvalue weighted by molar-refractivity contribution is 5.90. The van der Waals surface area contributed by atoms with Crippen LogP contribution in [-0.4, -0.2) is 94.7 Å². The van der Waals surface area contributed by atoms with Crippen LogP contribution in [0.2, 0.25) is 0 Å². The van der Waals surface area contributed by atoms with Crippen LogP contribution in [0.5, 0.6) is 0 Å². The fraction of sp³-hybridized carbons (Fsp3) is 0.769. The summed E-state index contributed by atoms with van der Waals surface area (Å²) >= 11 is 0. The summed E-state index contributed by atoms with van der Waals surface area (Å²) in [6.45, 7) is 11.4. The highest BCUT2D eigenvalue weighted by atomic mass is 16.3. The van der Waals surface area contributed by atoms with Crippen LogP contribution in [0.15, 0.2) is 30.3 Å². The van der Waals surface area contributed by atoms with E-state index in [9.17, 15) is 24.6 Å². The lowest BCUT2D eigenvalue weighted by molar-refractivity contribution is -0.157. The van der Waals surface area contributed by atoms with Gasteiger partial charge in [0.2, 0.25) is 17.7 Å². The second-order valence-electron chi connectivity index (χ2n) is 16.9. The molecular formula is C39H60N4O5.